The predicted octanol–water partition coefficient (Wildman–Crippen LogP) is 7.83. The third-order valence-corrected chi connectivity index (χ3v) is 10.5. The molecule has 0 amide bonds. The van der Waals surface area contributed by atoms with E-state index in [-0.39, 0.29) is 5.41 Å². The minimum Gasteiger partial charge on any atom is -0.353 e. The first-order valence-corrected chi connectivity index (χ1v) is 16.4. The molecule has 41 heavy (non-hydrogen) atoms. The average Bonchev–Trinajstić information content (AvgIpc) is 3.37. The molecule has 214 valence electrons. The molecule has 1 aromatic carbocycles. The molecule has 1 fully saturated rings. The van der Waals surface area contributed by atoms with Crippen LogP contribution in [0.4, 0.5) is 0 Å². The van der Waals surface area contributed by atoms with Crippen LogP contribution in [-0.2, 0) is 0 Å². The van der Waals surface area contributed by atoms with Crippen molar-refractivity contribution in [1.82, 2.24) is 19.8 Å². The lowest BCUT2D eigenvalue weighted by atomic mass is 9.62. The molecule has 4 nitrogen and oxygen atoms in total. The number of nitrogens with zero attached hydrogens (tertiary/aromatic N) is 3. The number of rotatable bonds is 3. The summed E-state index contributed by atoms with van der Waals surface area (Å²) >= 11 is 0. The molecule has 3 aromatic rings. The molecule has 4 heteroatoms. The van der Waals surface area contributed by atoms with Crippen LogP contribution >= 0.6 is 0 Å². The van der Waals surface area contributed by atoms with E-state index in [1.807, 2.05) is 0 Å². The minimum atomic E-state index is 0.111. The van der Waals surface area contributed by atoms with Gasteiger partial charge in [0.2, 0.25) is 0 Å². The Bertz CT molecular complexity index is 1500. The van der Waals surface area contributed by atoms with Gasteiger partial charge in [-0.15, -0.1) is 11.8 Å². The molecule has 4 aliphatic rings. The van der Waals surface area contributed by atoms with E-state index in [1.165, 1.54) is 104 Å². The van der Waals surface area contributed by atoms with Crippen molar-refractivity contribution in [3.63, 3.8) is 0 Å². The summed E-state index contributed by atoms with van der Waals surface area (Å²) in [6.07, 6.45) is 21.7. The van der Waals surface area contributed by atoms with Gasteiger partial charge >= 0.3 is 0 Å². The van der Waals surface area contributed by atoms with Crippen LogP contribution in [0.15, 0.2) is 54.8 Å². The van der Waals surface area contributed by atoms with Crippen LogP contribution in [-0.4, -0.2) is 58.5 Å². The van der Waals surface area contributed by atoms with Crippen molar-refractivity contribution in [3.8, 4) is 11.8 Å². The van der Waals surface area contributed by atoms with E-state index in [0.717, 1.165) is 25.8 Å². The van der Waals surface area contributed by atoms with Gasteiger partial charge in [0.25, 0.3) is 0 Å². The number of aromatic nitrogens is 2. The second kappa shape index (κ2) is 11.8. The number of aromatic amines is 1. The molecule has 1 aliphatic carbocycles. The van der Waals surface area contributed by atoms with Crippen molar-refractivity contribution >= 4 is 27.4 Å². The Kier molecular flexibility index (Phi) is 7.76. The lowest BCUT2D eigenvalue weighted by molar-refractivity contribution is 0.0706. The smallest absolute Gasteiger partial charge is 0.0902 e. The Labute approximate surface area is 246 Å². The number of nitrogens with one attached hydrogen (secondary N) is 1. The second-order valence-electron chi connectivity index (χ2n) is 13.3. The highest BCUT2D eigenvalue weighted by Crippen LogP contribution is 2.51. The van der Waals surface area contributed by atoms with Crippen LogP contribution in [0.25, 0.3) is 27.4 Å². The maximum Gasteiger partial charge on any atom is 0.0902 e. The van der Waals surface area contributed by atoms with E-state index < -0.39 is 0 Å². The molecule has 3 aliphatic heterocycles. The Morgan fingerprint density at radius 3 is 2.88 bits per heavy atom. The highest BCUT2D eigenvalue weighted by Gasteiger charge is 2.45. The fourth-order valence-electron chi connectivity index (χ4n) is 8.41. The number of fused-ring (bicyclic) bond motifs is 5. The van der Waals surface area contributed by atoms with Gasteiger partial charge in [0.15, 0.2) is 0 Å². The van der Waals surface area contributed by atoms with E-state index in [1.54, 1.807) is 0 Å². The van der Waals surface area contributed by atoms with Gasteiger partial charge in [-0.25, -0.2) is 0 Å². The Morgan fingerprint density at radius 1 is 1.00 bits per heavy atom. The summed E-state index contributed by atoms with van der Waals surface area (Å²) in [5.74, 6) is 8.39. The van der Waals surface area contributed by atoms with Crippen molar-refractivity contribution in [3.05, 3.63) is 60.5 Å². The molecule has 1 saturated heterocycles. The van der Waals surface area contributed by atoms with Crippen molar-refractivity contribution < 1.29 is 0 Å². The molecular weight excluding hydrogens is 500 g/mol. The third kappa shape index (κ3) is 5.52. The number of H-pyrrole nitrogens is 1. The van der Waals surface area contributed by atoms with Crippen LogP contribution < -0.4 is 0 Å². The van der Waals surface area contributed by atoms with Crippen molar-refractivity contribution in [2.45, 2.75) is 77.2 Å². The van der Waals surface area contributed by atoms with Crippen LogP contribution in [0.5, 0.6) is 0 Å². The largest absolute Gasteiger partial charge is 0.353 e. The van der Waals surface area contributed by atoms with Crippen LogP contribution in [0.1, 0.15) is 76.8 Å². The Hall–Kier alpha value is -2.87. The maximum atomic E-state index is 5.17. The molecule has 3 bridgehead atoms. The highest BCUT2D eigenvalue weighted by molar-refractivity contribution is 6.09. The molecule has 0 radical (unpaired) electrons. The number of benzene rings is 1. The molecule has 2 aromatic heterocycles. The molecule has 0 spiro atoms. The topological polar surface area (TPSA) is 35.2 Å². The average molecular weight is 547 g/mol. The number of para-hydroxylation sites is 1. The molecular formula is C37H46N4. The quantitative estimate of drug-likeness (QED) is 0.269. The number of hydrogen-bond donors (Lipinski definition) is 1. The monoisotopic (exact) mass is 546 g/mol. The van der Waals surface area contributed by atoms with Gasteiger partial charge < -0.3 is 9.88 Å². The first-order valence-electron chi connectivity index (χ1n) is 16.4. The minimum absolute atomic E-state index is 0.111. The van der Waals surface area contributed by atoms with Gasteiger partial charge in [0.1, 0.15) is 0 Å². The lowest BCUT2D eigenvalue weighted by Crippen LogP contribution is -2.49. The molecule has 0 saturated carbocycles. The zero-order chi connectivity index (χ0) is 27.6. The standard InChI is InChI=1S/C37H46N4/c1-28-14-8-4-7-13-22-41(28)27-37-19-11-5-2-3-6-12-21-40-23-18-30(29(24-37)26-40)33(25-37)35-36-32(17-20-38-35)31-15-9-10-16-34(31)39-36/h8-10,14-17,20,25,28-30,39H,3-4,6-7,11-13,18-19,21-24,26-27H2,1H3/b14-8-/t28?,29?,30?,37-/m1/s1. The van der Waals surface area contributed by atoms with Gasteiger partial charge in [-0.05, 0) is 107 Å². The van der Waals surface area contributed by atoms with Gasteiger partial charge in [-0.3, -0.25) is 9.88 Å². The summed E-state index contributed by atoms with van der Waals surface area (Å²) in [5, 5.41) is 2.60. The van der Waals surface area contributed by atoms with E-state index in [4.69, 9.17) is 4.98 Å². The number of hydrogen-bond acceptors (Lipinski definition) is 3. The fourth-order valence-corrected chi connectivity index (χ4v) is 8.41. The van der Waals surface area contributed by atoms with Gasteiger partial charge in [-0.1, -0.05) is 36.4 Å². The van der Waals surface area contributed by atoms with E-state index in [2.05, 4.69) is 88.3 Å². The lowest BCUT2D eigenvalue weighted by Gasteiger charge is -2.50. The maximum absolute atomic E-state index is 5.17. The Morgan fingerprint density at radius 2 is 1.90 bits per heavy atom. The third-order valence-electron chi connectivity index (χ3n) is 10.5. The zero-order valence-corrected chi connectivity index (χ0v) is 24.9. The number of pyridine rings is 1. The normalized spacial score (nSPS) is 32.1. The molecule has 7 rings (SSSR count). The van der Waals surface area contributed by atoms with Crippen LogP contribution in [0.3, 0.4) is 0 Å². The summed E-state index contributed by atoms with van der Waals surface area (Å²) < 4.78 is 0. The first-order chi connectivity index (χ1) is 20.2. The summed E-state index contributed by atoms with van der Waals surface area (Å²) in [5.41, 5.74) is 5.25. The summed E-state index contributed by atoms with van der Waals surface area (Å²) in [6.45, 7) is 8.37. The number of piperidine rings is 1. The van der Waals surface area contributed by atoms with Gasteiger partial charge in [0.05, 0.1) is 11.2 Å². The van der Waals surface area contributed by atoms with E-state index >= 15 is 0 Å². The predicted molar refractivity (Wildman–Crippen MR) is 172 cm³/mol. The highest BCUT2D eigenvalue weighted by atomic mass is 15.2. The number of allylic oxidation sites excluding steroid dienone is 2. The fraction of sp³-hybridized carbons (Fsp3) is 0.541. The molecule has 1 N–H and O–H groups in total. The van der Waals surface area contributed by atoms with Crippen molar-refractivity contribution in [2.24, 2.45) is 17.3 Å². The van der Waals surface area contributed by atoms with E-state index in [0.29, 0.717) is 17.9 Å². The molecule has 4 unspecified atom stereocenters. The second-order valence-corrected chi connectivity index (χ2v) is 13.3. The van der Waals surface area contributed by atoms with E-state index in [9.17, 15) is 0 Å². The van der Waals surface area contributed by atoms with Crippen molar-refractivity contribution in [1.29, 1.82) is 0 Å². The van der Waals surface area contributed by atoms with Gasteiger partial charge in [-0.2, -0.15) is 0 Å². The summed E-state index contributed by atoms with van der Waals surface area (Å²) in [6, 6.07) is 11.4. The molecule has 5 atom stereocenters. The first kappa shape index (κ1) is 27.0. The van der Waals surface area contributed by atoms with Gasteiger partial charge in [0, 0.05) is 59.9 Å². The molecule has 5 heterocycles. The summed E-state index contributed by atoms with van der Waals surface area (Å²) in [4.78, 5) is 14.5. The zero-order valence-electron chi connectivity index (χ0n) is 24.9. The SMILES string of the molecule is CC1/C=C\CCCCN1C[C@]12C=C(c3nccc4c3[nH]c3ccccc34)C3CCN(CCCCC#CCC1)CC3C2. The van der Waals surface area contributed by atoms with Crippen LogP contribution in [0, 0.1) is 29.1 Å². The van der Waals surface area contributed by atoms with Crippen LogP contribution in [0.2, 0.25) is 0 Å². The summed E-state index contributed by atoms with van der Waals surface area (Å²) in [7, 11) is 0. The van der Waals surface area contributed by atoms with Crippen molar-refractivity contribution in [2.75, 3.05) is 32.7 Å². The Balaban J connectivity index is 1.37.